The van der Waals surface area contributed by atoms with Gasteiger partial charge in [0.1, 0.15) is 0 Å². The molecule has 90 valence electrons. The highest BCUT2D eigenvalue weighted by molar-refractivity contribution is 7.07. The van der Waals surface area contributed by atoms with Crippen LogP contribution >= 0.6 is 11.3 Å². The first-order valence-electron chi connectivity index (χ1n) is 6.19. The SMILES string of the molecule is CN(Cc1ccsc1)CC1CCCC(N)C1. The lowest BCUT2D eigenvalue weighted by molar-refractivity contribution is 0.216. The largest absolute Gasteiger partial charge is 0.328 e. The van der Waals surface area contributed by atoms with Gasteiger partial charge in [0.25, 0.3) is 0 Å². The highest BCUT2D eigenvalue weighted by atomic mass is 32.1. The van der Waals surface area contributed by atoms with E-state index in [4.69, 9.17) is 5.73 Å². The quantitative estimate of drug-likeness (QED) is 0.874. The van der Waals surface area contributed by atoms with Crippen molar-refractivity contribution in [3.63, 3.8) is 0 Å². The van der Waals surface area contributed by atoms with Gasteiger partial charge in [0.15, 0.2) is 0 Å². The van der Waals surface area contributed by atoms with E-state index in [2.05, 4.69) is 28.8 Å². The Morgan fingerprint density at radius 2 is 2.38 bits per heavy atom. The minimum absolute atomic E-state index is 0.452. The third-order valence-electron chi connectivity index (χ3n) is 3.43. The summed E-state index contributed by atoms with van der Waals surface area (Å²) in [6.07, 6.45) is 5.12. The Kier molecular flexibility index (Phi) is 4.38. The maximum Gasteiger partial charge on any atom is 0.0239 e. The fourth-order valence-corrected chi connectivity index (χ4v) is 3.36. The molecular weight excluding hydrogens is 216 g/mol. The van der Waals surface area contributed by atoms with Crippen molar-refractivity contribution in [1.82, 2.24) is 4.90 Å². The maximum absolute atomic E-state index is 6.02. The molecule has 0 radical (unpaired) electrons. The number of thiophene rings is 1. The fourth-order valence-electron chi connectivity index (χ4n) is 2.70. The molecule has 0 bridgehead atoms. The van der Waals surface area contributed by atoms with Crippen LogP contribution in [0.15, 0.2) is 16.8 Å². The van der Waals surface area contributed by atoms with E-state index in [-0.39, 0.29) is 0 Å². The van der Waals surface area contributed by atoms with Crippen LogP contribution in [0.25, 0.3) is 0 Å². The number of hydrogen-bond donors (Lipinski definition) is 1. The lowest BCUT2D eigenvalue weighted by atomic mass is 9.86. The average Bonchev–Trinajstić information content (AvgIpc) is 2.70. The van der Waals surface area contributed by atoms with E-state index in [1.807, 2.05) is 0 Å². The highest BCUT2D eigenvalue weighted by Crippen LogP contribution is 2.24. The number of nitrogens with zero attached hydrogens (tertiary/aromatic N) is 1. The summed E-state index contributed by atoms with van der Waals surface area (Å²) >= 11 is 1.78. The molecule has 1 aliphatic rings. The number of hydrogen-bond acceptors (Lipinski definition) is 3. The monoisotopic (exact) mass is 238 g/mol. The Hall–Kier alpha value is -0.380. The Balaban J connectivity index is 1.76. The second kappa shape index (κ2) is 5.80. The molecule has 0 saturated heterocycles. The van der Waals surface area contributed by atoms with E-state index in [1.165, 1.54) is 37.8 Å². The van der Waals surface area contributed by atoms with Crippen molar-refractivity contribution in [2.24, 2.45) is 11.7 Å². The van der Waals surface area contributed by atoms with Gasteiger partial charge in [-0.2, -0.15) is 11.3 Å². The van der Waals surface area contributed by atoms with Crippen molar-refractivity contribution in [2.75, 3.05) is 13.6 Å². The Morgan fingerprint density at radius 1 is 1.50 bits per heavy atom. The van der Waals surface area contributed by atoms with Crippen LogP contribution < -0.4 is 5.73 Å². The topological polar surface area (TPSA) is 29.3 Å². The van der Waals surface area contributed by atoms with Gasteiger partial charge < -0.3 is 10.6 Å². The lowest BCUT2D eigenvalue weighted by Gasteiger charge is -2.30. The van der Waals surface area contributed by atoms with Crippen molar-refractivity contribution in [3.8, 4) is 0 Å². The minimum Gasteiger partial charge on any atom is -0.328 e. The Morgan fingerprint density at radius 3 is 3.06 bits per heavy atom. The summed E-state index contributed by atoms with van der Waals surface area (Å²) in [6.45, 7) is 2.28. The van der Waals surface area contributed by atoms with E-state index in [0.29, 0.717) is 6.04 Å². The first kappa shape index (κ1) is 12.1. The molecular formula is C13H22N2S. The molecule has 0 spiro atoms. The summed E-state index contributed by atoms with van der Waals surface area (Å²) in [5.41, 5.74) is 7.46. The predicted molar refractivity (Wildman–Crippen MR) is 70.6 cm³/mol. The van der Waals surface area contributed by atoms with Gasteiger partial charge in [-0.3, -0.25) is 0 Å². The normalized spacial score (nSPS) is 26.2. The smallest absolute Gasteiger partial charge is 0.0239 e. The minimum atomic E-state index is 0.452. The van der Waals surface area contributed by atoms with Crippen LogP contribution in [-0.2, 0) is 6.54 Å². The molecule has 1 aromatic rings. The van der Waals surface area contributed by atoms with Gasteiger partial charge in [-0.25, -0.2) is 0 Å². The molecule has 1 fully saturated rings. The molecule has 0 aliphatic heterocycles. The van der Waals surface area contributed by atoms with Gasteiger partial charge in [0, 0.05) is 19.1 Å². The zero-order chi connectivity index (χ0) is 11.4. The molecule has 2 rings (SSSR count). The fraction of sp³-hybridized carbons (Fsp3) is 0.692. The molecule has 16 heavy (non-hydrogen) atoms. The van der Waals surface area contributed by atoms with E-state index in [9.17, 15) is 0 Å². The Bertz CT molecular complexity index is 297. The molecule has 2 atom stereocenters. The van der Waals surface area contributed by atoms with Gasteiger partial charge >= 0.3 is 0 Å². The van der Waals surface area contributed by atoms with Gasteiger partial charge in [0.05, 0.1) is 0 Å². The molecule has 1 aliphatic carbocycles. The van der Waals surface area contributed by atoms with Crippen LogP contribution in [0, 0.1) is 5.92 Å². The molecule has 0 amide bonds. The van der Waals surface area contributed by atoms with Crippen molar-refractivity contribution in [1.29, 1.82) is 0 Å². The summed E-state index contributed by atoms with van der Waals surface area (Å²) in [7, 11) is 2.22. The van der Waals surface area contributed by atoms with Gasteiger partial charge in [-0.1, -0.05) is 6.42 Å². The van der Waals surface area contributed by atoms with Crippen LogP contribution in [0.1, 0.15) is 31.2 Å². The van der Waals surface area contributed by atoms with Crippen LogP contribution in [-0.4, -0.2) is 24.5 Å². The molecule has 1 aromatic heterocycles. The van der Waals surface area contributed by atoms with Crippen molar-refractivity contribution in [2.45, 2.75) is 38.3 Å². The number of nitrogens with two attached hydrogens (primary N) is 1. The summed E-state index contributed by atoms with van der Waals surface area (Å²) in [4.78, 5) is 2.44. The van der Waals surface area contributed by atoms with E-state index in [1.54, 1.807) is 11.3 Å². The third kappa shape index (κ3) is 3.58. The van der Waals surface area contributed by atoms with E-state index in [0.717, 1.165) is 12.5 Å². The van der Waals surface area contributed by atoms with Crippen molar-refractivity contribution >= 4 is 11.3 Å². The van der Waals surface area contributed by atoms with Crippen LogP contribution in [0.2, 0.25) is 0 Å². The lowest BCUT2D eigenvalue weighted by Crippen LogP contribution is -2.34. The third-order valence-corrected chi connectivity index (χ3v) is 4.16. The molecule has 0 aromatic carbocycles. The van der Waals surface area contributed by atoms with Crippen LogP contribution in [0.4, 0.5) is 0 Å². The first-order valence-corrected chi connectivity index (χ1v) is 7.13. The summed E-state index contributed by atoms with van der Waals surface area (Å²) in [6, 6.07) is 2.67. The summed E-state index contributed by atoms with van der Waals surface area (Å²) < 4.78 is 0. The zero-order valence-corrected chi connectivity index (χ0v) is 10.9. The molecule has 3 heteroatoms. The predicted octanol–water partition coefficient (Wildman–Crippen LogP) is 2.70. The molecule has 2 N–H and O–H groups in total. The average molecular weight is 238 g/mol. The van der Waals surface area contributed by atoms with E-state index >= 15 is 0 Å². The summed E-state index contributed by atoms with van der Waals surface area (Å²) in [5.74, 6) is 0.812. The van der Waals surface area contributed by atoms with Gasteiger partial charge in [-0.05, 0) is 54.6 Å². The van der Waals surface area contributed by atoms with E-state index < -0.39 is 0 Å². The van der Waals surface area contributed by atoms with Crippen LogP contribution in [0.3, 0.4) is 0 Å². The summed E-state index contributed by atoms with van der Waals surface area (Å²) in [5, 5.41) is 4.39. The zero-order valence-electron chi connectivity index (χ0n) is 10.1. The highest BCUT2D eigenvalue weighted by Gasteiger charge is 2.20. The van der Waals surface area contributed by atoms with Crippen LogP contribution in [0.5, 0.6) is 0 Å². The number of rotatable bonds is 4. The maximum atomic E-state index is 6.02. The van der Waals surface area contributed by atoms with Crippen molar-refractivity contribution in [3.05, 3.63) is 22.4 Å². The molecule has 2 nitrogen and oxygen atoms in total. The van der Waals surface area contributed by atoms with Gasteiger partial charge in [-0.15, -0.1) is 0 Å². The molecule has 1 heterocycles. The van der Waals surface area contributed by atoms with Gasteiger partial charge in [0.2, 0.25) is 0 Å². The second-order valence-corrected chi connectivity index (χ2v) is 5.90. The molecule has 1 saturated carbocycles. The molecule has 2 unspecified atom stereocenters. The Labute approximate surface area is 102 Å². The first-order chi connectivity index (χ1) is 7.74. The second-order valence-electron chi connectivity index (χ2n) is 5.12. The standard InChI is InChI=1S/C13H22N2S/c1-15(9-12-5-6-16-10-12)8-11-3-2-4-13(14)7-11/h5-6,10-11,13H,2-4,7-9,14H2,1H3. The van der Waals surface area contributed by atoms with Crippen molar-refractivity contribution < 1.29 is 0 Å².